The molecule has 0 aliphatic carbocycles. The second-order valence-corrected chi connectivity index (χ2v) is 7.14. The van der Waals surface area contributed by atoms with Crippen LogP contribution in [0, 0.1) is 0 Å². The van der Waals surface area contributed by atoms with Gasteiger partial charge in [-0.2, -0.15) is 13.2 Å². The molecule has 0 fully saturated rings. The van der Waals surface area contributed by atoms with Crippen molar-refractivity contribution in [2.75, 3.05) is 7.05 Å². The van der Waals surface area contributed by atoms with Gasteiger partial charge in [0.15, 0.2) is 0 Å². The van der Waals surface area contributed by atoms with E-state index in [1.807, 2.05) is 31.2 Å². The first kappa shape index (κ1) is 18.4. The lowest BCUT2D eigenvalue weighted by Gasteiger charge is -2.23. The molecule has 0 unspecified atom stereocenters. The molecule has 0 N–H and O–H groups in total. The second kappa shape index (κ2) is 7.07. The van der Waals surface area contributed by atoms with Gasteiger partial charge in [0.2, 0.25) is 5.91 Å². The lowest BCUT2D eigenvalue weighted by atomic mass is 10.1. The highest BCUT2D eigenvalue weighted by Gasteiger charge is 2.30. The molecule has 1 amide bonds. The smallest absolute Gasteiger partial charge is 0.336 e. The number of alkyl halides is 3. The number of para-hydroxylation sites is 1. The van der Waals surface area contributed by atoms with Crippen molar-refractivity contribution in [2.45, 2.75) is 25.6 Å². The van der Waals surface area contributed by atoms with Crippen LogP contribution in [-0.2, 0) is 17.4 Å². The predicted molar refractivity (Wildman–Crippen MR) is 96.0 cm³/mol. The third kappa shape index (κ3) is 3.88. The van der Waals surface area contributed by atoms with Crippen molar-refractivity contribution < 1.29 is 18.0 Å². The van der Waals surface area contributed by atoms with Gasteiger partial charge in [0, 0.05) is 7.05 Å². The van der Waals surface area contributed by atoms with Crippen LogP contribution in [0.5, 0.6) is 0 Å². The quantitative estimate of drug-likeness (QED) is 0.634. The third-order valence-electron chi connectivity index (χ3n) is 4.25. The Balaban J connectivity index is 1.75. The molecule has 0 bridgehead atoms. The van der Waals surface area contributed by atoms with Crippen molar-refractivity contribution in [3.63, 3.8) is 0 Å². The van der Waals surface area contributed by atoms with Gasteiger partial charge in [0.05, 0.1) is 28.2 Å². The number of carbonyl (C=O) groups is 1. The van der Waals surface area contributed by atoms with Gasteiger partial charge >= 0.3 is 6.18 Å². The van der Waals surface area contributed by atoms with Crippen LogP contribution in [0.15, 0.2) is 48.5 Å². The number of carbonyl (C=O) groups excluding carboxylic acids is 1. The van der Waals surface area contributed by atoms with Crippen molar-refractivity contribution in [3.05, 3.63) is 64.7 Å². The van der Waals surface area contributed by atoms with Crippen molar-refractivity contribution in [1.29, 1.82) is 0 Å². The molecule has 7 heteroatoms. The zero-order valence-electron chi connectivity index (χ0n) is 14.2. The van der Waals surface area contributed by atoms with E-state index in [1.165, 1.54) is 28.4 Å². The van der Waals surface area contributed by atoms with Crippen LogP contribution in [0.2, 0.25) is 0 Å². The van der Waals surface area contributed by atoms with E-state index in [2.05, 4.69) is 4.98 Å². The topological polar surface area (TPSA) is 33.2 Å². The predicted octanol–water partition coefficient (Wildman–Crippen LogP) is 5.08. The van der Waals surface area contributed by atoms with Gasteiger partial charge in [-0.15, -0.1) is 11.3 Å². The van der Waals surface area contributed by atoms with Gasteiger partial charge in [-0.25, -0.2) is 4.98 Å². The highest BCUT2D eigenvalue weighted by molar-refractivity contribution is 7.18. The molecule has 136 valence electrons. The molecule has 3 nitrogen and oxygen atoms in total. The van der Waals surface area contributed by atoms with E-state index in [0.29, 0.717) is 5.56 Å². The Hall–Kier alpha value is -2.41. The standard InChI is InChI=1S/C19H17F3N2OS/c1-12(18-23-15-8-3-4-9-16(15)26-18)24(2)17(25)11-13-6-5-7-14(10-13)19(20,21)22/h3-10,12H,11H2,1-2H3/t12-/m1/s1. The number of rotatable bonds is 4. The number of aromatic nitrogens is 1. The fourth-order valence-corrected chi connectivity index (χ4v) is 3.67. The van der Waals surface area contributed by atoms with E-state index < -0.39 is 11.7 Å². The van der Waals surface area contributed by atoms with Crippen molar-refractivity contribution in [2.24, 2.45) is 0 Å². The van der Waals surface area contributed by atoms with E-state index in [9.17, 15) is 18.0 Å². The summed E-state index contributed by atoms with van der Waals surface area (Å²) in [4.78, 5) is 18.6. The largest absolute Gasteiger partial charge is 0.416 e. The SMILES string of the molecule is C[C@H](c1nc2ccccc2s1)N(C)C(=O)Cc1cccc(C(F)(F)F)c1. The number of hydrogen-bond donors (Lipinski definition) is 0. The molecule has 3 aromatic rings. The molecule has 0 saturated carbocycles. The minimum atomic E-state index is -4.42. The lowest BCUT2D eigenvalue weighted by molar-refractivity contribution is -0.138. The van der Waals surface area contributed by atoms with Crippen LogP contribution < -0.4 is 0 Å². The lowest BCUT2D eigenvalue weighted by Crippen LogP contribution is -2.31. The highest BCUT2D eigenvalue weighted by atomic mass is 32.1. The average Bonchev–Trinajstić information content (AvgIpc) is 3.04. The van der Waals surface area contributed by atoms with Crippen molar-refractivity contribution in [1.82, 2.24) is 9.88 Å². The summed E-state index contributed by atoms with van der Waals surface area (Å²) in [5.74, 6) is -0.254. The summed E-state index contributed by atoms with van der Waals surface area (Å²) in [6.45, 7) is 1.86. The van der Waals surface area contributed by atoms with E-state index in [4.69, 9.17) is 0 Å². The third-order valence-corrected chi connectivity index (χ3v) is 5.46. The highest BCUT2D eigenvalue weighted by Crippen LogP contribution is 2.31. The number of nitrogens with zero attached hydrogens (tertiary/aromatic N) is 2. The Morgan fingerprint density at radius 2 is 1.92 bits per heavy atom. The maximum absolute atomic E-state index is 12.8. The summed E-state index contributed by atoms with van der Waals surface area (Å²) < 4.78 is 39.5. The van der Waals surface area contributed by atoms with E-state index in [1.54, 1.807) is 7.05 Å². The average molecular weight is 378 g/mol. The first-order valence-corrected chi connectivity index (χ1v) is 8.84. The Bertz CT molecular complexity index is 903. The van der Waals surface area contributed by atoms with Gasteiger partial charge in [-0.05, 0) is 30.7 Å². The van der Waals surface area contributed by atoms with E-state index in [-0.39, 0.29) is 18.4 Å². The molecule has 26 heavy (non-hydrogen) atoms. The molecule has 3 rings (SSSR count). The fraction of sp³-hybridized carbons (Fsp3) is 0.263. The van der Waals surface area contributed by atoms with Gasteiger partial charge < -0.3 is 4.90 Å². The molecule has 1 atom stereocenters. The monoisotopic (exact) mass is 378 g/mol. The molecular formula is C19H17F3N2OS. The first-order valence-electron chi connectivity index (χ1n) is 8.03. The van der Waals surface area contributed by atoms with Gasteiger partial charge in [0.25, 0.3) is 0 Å². The molecule has 1 heterocycles. The molecule has 0 aliphatic rings. The fourth-order valence-electron chi connectivity index (χ4n) is 2.61. The minimum absolute atomic E-state index is 0.0876. The summed E-state index contributed by atoms with van der Waals surface area (Å²) in [5, 5.41) is 0.797. The van der Waals surface area contributed by atoms with Crippen LogP contribution in [-0.4, -0.2) is 22.8 Å². The number of fused-ring (bicyclic) bond motifs is 1. The van der Waals surface area contributed by atoms with Crippen LogP contribution in [0.1, 0.15) is 29.1 Å². The number of thiazole rings is 1. The Kier molecular flexibility index (Phi) is 5.00. The maximum atomic E-state index is 12.8. The minimum Gasteiger partial charge on any atom is -0.336 e. The molecule has 0 spiro atoms. The number of benzene rings is 2. The van der Waals surface area contributed by atoms with Crippen molar-refractivity contribution >= 4 is 27.5 Å². The van der Waals surface area contributed by atoms with E-state index >= 15 is 0 Å². The number of likely N-dealkylation sites (N-methyl/N-ethyl adjacent to an activating group) is 1. The summed E-state index contributed by atoms with van der Waals surface area (Å²) in [5.41, 5.74) is 0.468. The molecular weight excluding hydrogens is 361 g/mol. The van der Waals surface area contributed by atoms with Crippen LogP contribution >= 0.6 is 11.3 Å². The Labute approximate surface area is 153 Å². The first-order chi connectivity index (χ1) is 12.3. The molecule has 0 aliphatic heterocycles. The normalized spacial score (nSPS) is 13.0. The van der Waals surface area contributed by atoms with E-state index in [0.717, 1.165) is 27.4 Å². The summed E-state index contributed by atoms with van der Waals surface area (Å²) in [7, 11) is 1.65. The zero-order chi connectivity index (χ0) is 18.9. The second-order valence-electron chi connectivity index (χ2n) is 6.08. The summed E-state index contributed by atoms with van der Waals surface area (Å²) in [6, 6.07) is 12.3. The maximum Gasteiger partial charge on any atom is 0.416 e. The van der Waals surface area contributed by atoms with Crippen LogP contribution in [0.4, 0.5) is 13.2 Å². The Morgan fingerprint density at radius 3 is 2.62 bits per heavy atom. The number of hydrogen-bond acceptors (Lipinski definition) is 3. The van der Waals surface area contributed by atoms with Gasteiger partial charge in [-0.1, -0.05) is 30.3 Å². The van der Waals surface area contributed by atoms with Crippen molar-refractivity contribution in [3.8, 4) is 0 Å². The van der Waals surface area contributed by atoms with Crippen LogP contribution in [0.25, 0.3) is 10.2 Å². The van der Waals surface area contributed by atoms with Gasteiger partial charge in [-0.3, -0.25) is 4.79 Å². The van der Waals surface area contributed by atoms with Crippen LogP contribution in [0.3, 0.4) is 0 Å². The molecule has 0 saturated heterocycles. The number of halogens is 3. The molecule has 1 aromatic heterocycles. The summed E-state index contributed by atoms with van der Waals surface area (Å²) >= 11 is 1.51. The zero-order valence-corrected chi connectivity index (χ0v) is 15.1. The molecule has 0 radical (unpaired) electrons. The summed E-state index contributed by atoms with van der Waals surface area (Å²) in [6.07, 6.45) is -4.51. The Morgan fingerprint density at radius 1 is 1.19 bits per heavy atom. The molecule has 2 aromatic carbocycles. The van der Waals surface area contributed by atoms with Gasteiger partial charge in [0.1, 0.15) is 5.01 Å². The number of amides is 1.